The average molecular weight is 193 g/mol. The van der Waals surface area contributed by atoms with Gasteiger partial charge in [0.1, 0.15) is 12.4 Å². The zero-order valence-electron chi connectivity index (χ0n) is 7.45. The second kappa shape index (κ2) is 4.27. The minimum absolute atomic E-state index is 0.0380. The molecule has 0 fully saturated rings. The minimum atomic E-state index is -0.932. The van der Waals surface area contributed by atoms with Crippen LogP contribution in [0.2, 0.25) is 0 Å². The summed E-state index contributed by atoms with van der Waals surface area (Å²) in [5, 5.41) is 18.3. The summed E-state index contributed by atoms with van der Waals surface area (Å²) >= 11 is 0. The lowest BCUT2D eigenvalue weighted by molar-refractivity contribution is -0.134. The molecular formula is C9H11N3O2. The molecule has 0 bridgehead atoms. The molecule has 0 heterocycles. The number of amidine groups is 1. The number of carbonyl (C=O) groups is 1. The van der Waals surface area contributed by atoms with Crippen LogP contribution in [-0.2, 0) is 4.79 Å². The van der Waals surface area contributed by atoms with E-state index in [-0.39, 0.29) is 12.4 Å². The fourth-order valence-corrected chi connectivity index (χ4v) is 0.974. The first kappa shape index (κ1) is 10.0. The number of benzene rings is 1. The van der Waals surface area contributed by atoms with Crippen molar-refractivity contribution in [2.75, 3.05) is 11.9 Å². The van der Waals surface area contributed by atoms with E-state index in [0.29, 0.717) is 11.3 Å². The predicted octanol–water partition coefficient (Wildman–Crippen LogP) is 0.467. The van der Waals surface area contributed by atoms with Crippen molar-refractivity contribution in [3.8, 4) is 0 Å². The monoisotopic (exact) mass is 193 g/mol. The summed E-state index contributed by atoms with van der Waals surface area (Å²) in [5.41, 5.74) is 6.49. The molecule has 1 rings (SSSR count). The number of carboxylic acid groups (broad SMARTS) is 1. The average Bonchev–Trinajstić information content (AvgIpc) is 2.15. The van der Waals surface area contributed by atoms with Gasteiger partial charge in [0, 0.05) is 11.3 Å². The fourth-order valence-electron chi connectivity index (χ4n) is 0.974. The van der Waals surface area contributed by atoms with Gasteiger partial charge >= 0.3 is 5.97 Å². The van der Waals surface area contributed by atoms with E-state index in [2.05, 4.69) is 5.32 Å². The molecule has 1 aromatic carbocycles. The summed E-state index contributed by atoms with van der Waals surface area (Å²) in [6.07, 6.45) is 0. The highest BCUT2D eigenvalue weighted by molar-refractivity contribution is 5.95. The van der Waals surface area contributed by atoms with Crippen molar-refractivity contribution < 1.29 is 9.90 Å². The molecule has 5 heteroatoms. The molecular weight excluding hydrogens is 182 g/mol. The van der Waals surface area contributed by atoms with Crippen LogP contribution < -0.4 is 11.1 Å². The van der Waals surface area contributed by atoms with Crippen LogP contribution in [0.3, 0.4) is 0 Å². The molecule has 5 N–H and O–H groups in total. The van der Waals surface area contributed by atoms with Crippen LogP contribution in [0.25, 0.3) is 0 Å². The summed E-state index contributed by atoms with van der Waals surface area (Å²) < 4.78 is 0. The number of nitrogens with two attached hydrogens (primary N) is 1. The van der Waals surface area contributed by atoms with Crippen molar-refractivity contribution in [1.29, 1.82) is 5.41 Å². The summed E-state index contributed by atoms with van der Waals surface area (Å²) in [7, 11) is 0. The molecule has 0 saturated heterocycles. The van der Waals surface area contributed by atoms with Crippen molar-refractivity contribution in [2.45, 2.75) is 0 Å². The third-order valence-electron chi connectivity index (χ3n) is 1.62. The van der Waals surface area contributed by atoms with Crippen LogP contribution in [0.5, 0.6) is 0 Å². The zero-order chi connectivity index (χ0) is 10.6. The molecule has 1 aromatic rings. The lowest BCUT2D eigenvalue weighted by Crippen LogP contribution is -2.14. The van der Waals surface area contributed by atoms with Crippen LogP contribution in [0.15, 0.2) is 24.3 Å². The predicted molar refractivity (Wildman–Crippen MR) is 53.6 cm³/mol. The van der Waals surface area contributed by atoms with Gasteiger partial charge in [-0.1, -0.05) is 12.1 Å². The van der Waals surface area contributed by atoms with Gasteiger partial charge in [0.25, 0.3) is 0 Å². The molecule has 0 aromatic heterocycles. The summed E-state index contributed by atoms with van der Waals surface area (Å²) in [6.45, 7) is -0.151. The first-order valence-corrected chi connectivity index (χ1v) is 3.99. The highest BCUT2D eigenvalue weighted by Gasteiger charge is 1.99. The minimum Gasteiger partial charge on any atom is -0.480 e. The van der Waals surface area contributed by atoms with Gasteiger partial charge in [0.05, 0.1) is 0 Å². The van der Waals surface area contributed by atoms with Gasteiger partial charge in [-0.2, -0.15) is 0 Å². The molecule has 0 saturated carbocycles. The number of aliphatic carboxylic acids is 1. The quantitative estimate of drug-likeness (QED) is 0.412. The van der Waals surface area contributed by atoms with E-state index in [9.17, 15) is 4.79 Å². The lowest BCUT2D eigenvalue weighted by Gasteiger charge is -2.04. The van der Waals surface area contributed by atoms with Gasteiger partial charge in [-0.15, -0.1) is 0 Å². The molecule has 0 aliphatic heterocycles. The van der Waals surface area contributed by atoms with E-state index in [4.69, 9.17) is 16.2 Å². The maximum atomic E-state index is 10.3. The second-order valence-electron chi connectivity index (χ2n) is 2.74. The fraction of sp³-hybridized carbons (Fsp3) is 0.111. The SMILES string of the molecule is N=C(N)c1cccc(NCC(=O)O)c1. The first-order valence-electron chi connectivity index (χ1n) is 3.99. The molecule has 0 aliphatic carbocycles. The third kappa shape index (κ3) is 2.78. The van der Waals surface area contributed by atoms with Gasteiger partial charge in [-0.25, -0.2) is 0 Å². The number of rotatable bonds is 4. The molecule has 0 atom stereocenters. The normalized spacial score (nSPS) is 9.43. The lowest BCUT2D eigenvalue weighted by atomic mass is 10.2. The standard InChI is InChI=1S/C9H11N3O2/c10-9(11)6-2-1-3-7(4-6)12-5-8(13)14/h1-4,12H,5H2,(H3,10,11)(H,13,14). The number of hydrogen-bond donors (Lipinski definition) is 4. The molecule has 0 aliphatic rings. The van der Waals surface area contributed by atoms with Gasteiger partial charge in [0.15, 0.2) is 0 Å². The van der Waals surface area contributed by atoms with Crippen LogP contribution in [0.1, 0.15) is 5.56 Å². The summed E-state index contributed by atoms with van der Waals surface area (Å²) in [6, 6.07) is 6.75. The number of anilines is 1. The van der Waals surface area contributed by atoms with Crippen molar-refractivity contribution in [3.63, 3.8) is 0 Å². The topological polar surface area (TPSA) is 99.2 Å². The summed E-state index contributed by atoms with van der Waals surface area (Å²) in [5.74, 6) is -0.970. The van der Waals surface area contributed by atoms with Crippen molar-refractivity contribution in [1.82, 2.24) is 0 Å². The number of nitrogen functional groups attached to an aromatic ring is 1. The Labute approximate surface area is 81.1 Å². The van der Waals surface area contributed by atoms with Gasteiger partial charge in [-0.3, -0.25) is 10.2 Å². The number of hydrogen-bond acceptors (Lipinski definition) is 3. The van der Waals surface area contributed by atoms with Crippen molar-refractivity contribution >= 4 is 17.5 Å². The maximum absolute atomic E-state index is 10.3. The number of carboxylic acids is 1. The highest BCUT2D eigenvalue weighted by Crippen LogP contribution is 2.09. The Morgan fingerprint density at radius 3 is 2.86 bits per heavy atom. The first-order chi connectivity index (χ1) is 6.59. The van der Waals surface area contributed by atoms with Gasteiger partial charge < -0.3 is 16.2 Å². The Balaban J connectivity index is 2.73. The molecule has 74 valence electrons. The van der Waals surface area contributed by atoms with Crippen LogP contribution in [0, 0.1) is 5.41 Å². The molecule has 5 nitrogen and oxygen atoms in total. The third-order valence-corrected chi connectivity index (χ3v) is 1.62. The van der Waals surface area contributed by atoms with Crippen LogP contribution >= 0.6 is 0 Å². The Bertz CT molecular complexity index is 363. The largest absolute Gasteiger partial charge is 0.480 e. The van der Waals surface area contributed by atoms with Crippen LogP contribution in [-0.4, -0.2) is 23.5 Å². The maximum Gasteiger partial charge on any atom is 0.322 e. The molecule has 0 radical (unpaired) electrons. The van der Waals surface area contributed by atoms with E-state index >= 15 is 0 Å². The molecule has 14 heavy (non-hydrogen) atoms. The van der Waals surface area contributed by atoms with Gasteiger partial charge in [-0.05, 0) is 12.1 Å². The van der Waals surface area contributed by atoms with Gasteiger partial charge in [0.2, 0.25) is 0 Å². The van der Waals surface area contributed by atoms with E-state index in [1.165, 1.54) is 0 Å². The molecule has 0 amide bonds. The Morgan fingerprint density at radius 2 is 2.29 bits per heavy atom. The zero-order valence-corrected chi connectivity index (χ0v) is 7.45. The number of nitrogens with one attached hydrogen (secondary N) is 2. The highest BCUT2D eigenvalue weighted by atomic mass is 16.4. The smallest absolute Gasteiger partial charge is 0.322 e. The van der Waals surface area contributed by atoms with Crippen molar-refractivity contribution in [2.24, 2.45) is 5.73 Å². The molecule has 0 spiro atoms. The Kier molecular flexibility index (Phi) is 3.06. The molecule has 0 unspecified atom stereocenters. The Hall–Kier alpha value is -2.04. The van der Waals surface area contributed by atoms with E-state index in [1.807, 2.05) is 0 Å². The van der Waals surface area contributed by atoms with Crippen molar-refractivity contribution in [3.05, 3.63) is 29.8 Å². The van der Waals surface area contributed by atoms with E-state index in [1.54, 1.807) is 24.3 Å². The Morgan fingerprint density at radius 1 is 1.57 bits per heavy atom. The van der Waals surface area contributed by atoms with E-state index < -0.39 is 5.97 Å². The second-order valence-corrected chi connectivity index (χ2v) is 2.74. The van der Waals surface area contributed by atoms with E-state index in [0.717, 1.165) is 0 Å². The van der Waals surface area contributed by atoms with Crippen LogP contribution in [0.4, 0.5) is 5.69 Å². The summed E-state index contributed by atoms with van der Waals surface area (Å²) in [4.78, 5) is 10.3.